The Balaban J connectivity index is 1.40. The zero-order valence-electron chi connectivity index (χ0n) is 17.6. The SMILES string of the molecule is Cc1ccc(-n2nc(C(=O)N3CCCC3c3nc(-c4ccccc4)n[nH]3)cc2C)cc1. The normalized spacial score (nSPS) is 16.1. The van der Waals surface area contributed by atoms with Crippen LogP contribution < -0.4 is 0 Å². The fraction of sp³-hybridized carbons (Fsp3) is 0.250. The number of hydrogen-bond acceptors (Lipinski definition) is 4. The number of aromatic nitrogens is 5. The minimum Gasteiger partial charge on any atom is -0.327 e. The summed E-state index contributed by atoms with van der Waals surface area (Å²) in [6, 6.07) is 19.7. The van der Waals surface area contributed by atoms with Gasteiger partial charge < -0.3 is 4.90 Å². The number of carbonyl (C=O) groups is 1. The molecule has 1 aliphatic heterocycles. The Bertz CT molecular complexity index is 1210. The van der Waals surface area contributed by atoms with Gasteiger partial charge in [0.05, 0.1) is 11.7 Å². The fourth-order valence-corrected chi connectivity index (χ4v) is 4.11. The molecule has 4 aromatic rings. The molecule has 2 aromatic carbocycles. The number of amides is 1. The molecule has 2 aromatic heterocycles. The Kier molecular flexibility index (Phi) is 4.86. The maximum Gasteiger partial charge on any atom is 0.274 e. The lowest BCUT2D eigenvalue weighted by atomic mass is 10.2. The van der Waals surface area contributed by atoms with E-state index in [1.54, 1.807) is 0 Å². The fourth-order valence-electron chi connectivity index (χ4n) is 4.11. The molecule has 1 aliphatic rings. The van der Waals surface area contributed by atoms with Gasteiger partial charge in [0.2, 0.25) is 0 Å². The first-order valence-corrected chi connectivity index (χ1v) is 10.5. The number of rotatable bonds is 4. The van der Waals surface area contributed by atoms with Gasteiger partial charge in [-0.1, -0.05) is 48.0 Å². The van der Waals surface area contributed by atoms with Crippen LogP contribution in [0.15, 0.2) is 60.7 Å². The second-order valence-corrected chi connectivity index (χ2v) is 7.99. The van der Waals surface area contributed by atoms with Crippen LogP contribution in [0.25, 0.3) is 17.1 Å². The van der Waals surface area contributed by atoms with E-state index >= 15 is 0 Å². The Labute approximate surface area is 180 Å². The van der Waals surface area contributed by atoms with Crippen LogP contribution in [0.5, 0.6) is 0 Å². The zero-order valence-corrected chi connectivity index (χ0v) is 17.6. The molecular formula is C24H24N6O. The number of nitrogens with one attached hydrogen (secondary N) is 1. The minimum absolute atomic E-state index is 0.0749. The van der Waals surface area contributed by atoms with Gasteiger partial charge in [0.15, 0.2) is 11.5 Å². The molecule has 0 saturated carbocycles. The summed E-state index contributed by atoms with van der Waals surface area (Å²) in [5.41, 5.74) is 4.46. The second kappa shape index (κ2) is 7.83. The van der Waals surface area contributed by atoms with Crippen LogP contribution in [0, 0.1) is 13.8 Å². The highest BCUT2D eigenvalue weighted by Crippen LogP contribution is 2.32. The molecular weight excluding hydrogens is 388 g/mol. The van der Waals surface area contributed by atoms with Gasteiger partial charge in [-0.15, -0.1) is 0 Å². The number of hydrogen-bond donors (Lipinski definition) is 1. The molecule has 156 valence electrons. The van der Waals surface area contributed by atoms with E-state index < -0.39 is 0 Å². The summed E-state index contributed by atoms with van der Waals surface area (Å²) in [6.45, 7) is 4.70. The lowest BCUT2D eigenvalue weighted by molar-refractivity contribution is 0.0723. The van der Waals surface area contributed by atoms with Crippen LogP contribution >= 0.6 is 0 Å². The summed E-state index contributed by atoms with van der Waals surface area (Å²) in [5.74, 6) is 1.29. The summed E-state index contributed by atoms with van der Waals surface area (Å²) in [6.07, 6.45) is 1.78. The first kappa shape index (κ1) is 19.2. The van der Waals surface area contributed by atoms with E-state index in [0.29, 0.717) is 18.1 Å². The maximum atomic E-state index is 13.3. The summed E-state index contributed by atoms with van der Waals surface area (Å²) < 4.78 is 1.82. The van der Waals surface area contributed by atoms with Gasteiger partial charge in [0, 0.05) is 17.8 Å². The number of H-pyrrole nitrogens is 1. The van der Waals surface area contributed by atoms with Crippen LogP contribution in [0.2, 0.25) is 0 Å². The molecule has 0 spiro atoms. The smallest absolute Gasteiger partial charge is 0.274 e. The number of likely N-dealkylation sites (tertiary alicyclic amines) is 1. The predicted molar refractivity (Wildman–Crippen MR) is 118 cm³/mol. The lowest BCUT2D eigenvalue weighted by Crippen LogP contribution is -2.31. The molecule has 5 rings (SSSR count). The summed E-state index contributed by atoms with van der Waals surface area (Å²) in [4.78, 5) is 19.9. The van der Waals surface area contributed by atoms with Crippen molar-refractivity contribution in [1.82, 2.24) is 29.9 Å². The number of benzene rings is 2. The van der Waals surface area contributed by atoms with E-state index in [1.807, 2.05) is 77.2 Å². The van der Waals surface area contributed by atoms with E-state index in [1.165, 1.54) is 5.56 Å². The molecule has 0 bridgehead atoms. The standard InChI is InChI=1S/C24H24N6O/c1-16-10-12-19(13-11-16)30-17(2)15-20(28-30)24(31)29-14-6-9-21(29)23-25-22(26-27-23)18-7-4-3-5-8-18/h3-5,7-8,10-13,15,21H,6,9,14H2,1-2H3,(H,25,26,27). The van der Waals surface area contributed by atoms with E-state index in [-0.39, 0.29) is 11.9 Å². The highest BCUT2D eigenvalue weighted by Gasteiger charge is 2.34. The molecule has 31 heavy (non-hydrogen) atoms. The summed E-state index contributed by atoms with van der Waals surface area (Å²) in [5, 5.41) is 12.0. The van der Waals surface area contributed by atoms with Gasteiger partial charge in [0.25, 0.3) is 5.91 Å². The van der Waals surface area contributed by atoms with Crippen molar-refractivity contribution in [3.05, 3.63) is 83.4 Å². The molecule has 3 heterocycles. The minimum atomic E-state index is -0.123. The first-order valence-electron chi connectivity index (χ1n) is 10.5. The molecule has 1 unspecified atom stereocenters. The van der Waals surface area contributed by atoms with Crippen molar-refractivity contribution in [2.24, 2.45) is 0 Å². The van der Waals surface area contributed by atoms with Crippen molar-refractivity contribution in [3.8, 4) is 17.1 Å². The van der Waals surface area contributed by atoms with E-state index in [9.17, 15) is 4.79 Å². The molecule has 0 aliphatic carbocycles. The molecule has 1 fully saturated rings. The molecule has 0 radical (unpaired) electrons. The van der Waals surface area contributed by atoms with Gasteiger partial charge in [-0.05, 0) is 44.9 Å². The molecule has 1 saturated heterocycles. The molecule has 1 atom stereocenters. The number of aromatic amines is 1. The van der Waals surface area contributed by atoms with E-state index in [2.05, 4.69) is 27.2 Å². The first-order chi connectivity index (χ1) is 15.1. The Morgan fingerprint density at radius 2 is 1.84 bits per heavy atom. The van der Waals surface area contributed by atoms with Crippen LogP contribution in [-0.2, 0) is 0 Å². The van der Waals surface area contributed by atoms with Crippen LogP contribution in [-0.4, -0.2) is 42.3 Å². The van der Waals surface area contributed by atoms with Gasteiger partial charge >= 0.3 is 0 Å². The molecule has 7 nitrogen and oxygen atoms in total. The van der Waals surface area contributed by atoms with Crippen molar-refractivity contribution in [2.45, 2.75) is 32.7 Å². The number of nitrogens with zero attached hydrogens (tertiary/aromatic N) is 5. The van der Waals surface area contributed by atoms with E-state index in [4.69, 9.17) is 0 Å². The van der Waals surface area contributed by atoms with Crippen molar-refractivity contribution in [1.29, 1.82) is 0 Å². The molecule has 1 amide bonds. The molecule has 1 N–H and O–H groups in total. The Hall–Kier alpha value is -3.74. The average molecular weight is 412 g/mol. The topological polar surface area (TPSA) is 79.7 Å². The number of aryl methyl sites for hydroxylation is 2. The number of carbonyl (C=O) groups excluding carboxylic acids is 1. The summed E-state index contributed by atoms with van der Waals surface area (Å²) >= 11 is 0. The Morgan fingerprint density at radius 1 is 1.06 bits per heavy atom. The largest absolute Gasteiger partial charge is 0.327 e. The zero-order chi connectivity index (χ0) is 21.4. The van der Waals surface area contributed by atoms with Crippen molar-refractivity contribution in [2.75, 3.05) is 6.54 Å². The van der Waals surface area contributed by atoms with Crippen LogP contribution in [0.1, 0.15) is 46.5 Å². The highest BCUT2D eigenvalue weighted by atomic mass is 16.2. The van der Waals surface area contributed by atoms with Gasteiger partial charge in [-0.3, -0.25) is 9.89 Å². The van der Waals surface area contributed by atoms with E-state index in [0.717, 1.165) is 35.6 Å². The third-order valence-corrected chi connectivity index (χ3v) is 5.75. The maximum absolute atomic E-state index is 13.3. The third-order valence-electron chi connectivity index (χ3n) is 5.75. The Morgan fingerprint density at radius 3 is 2.61 bits per heavy atom. The third kappa shape index (κ3) is 3.63. The highest BCUT2D eigenvalue weighted by molar-refractivity contribution is 5.93. The lowest BCUT2D eigenvalue weighted by Gasteiger charge is -2.21. The van der Waals surface area contributed by atoms with Crippen molar-refractivity contribution in [3.63, 3.8) is 0 Å². The van der Waals surface area contributed by atoms with Gasteiger partial charge in [-0.25, -0.2) is 9.67 Å². The monoisotopic (exact) mass is 412 g/mol. The van der Waals surface area contributed by atoms with Crippen LogP contribution in [0.3, 0.4) is 0 Å². The summed E-state index contributed by atoms with van der Waals surface area (Å²) in [7, 11) is 0. The second-order valence-electron chi connectivity index (χ2n) is 7.99. The average Bonchev–Trinajstić information content (AvgIpc) is 3.54. The van der Waals surface area contributed by atoms with Crippen LogP contribution in [0.4, 0.5) is 0 Å². The molecule has 7 heteroatoms. The quantitative estimate of drug-likeness (QED) is 0.543. The van der Waals surface area contributed by atoms with Gasteiger partial charge in [0.1, 0.15) is 5.82 Å². The van der Waals surface area contributed by atoms with Gasteiger partial charge in [-0.2, -0.15) is 10.2 Å². The predicted octanol–water partition coefficient (Wildman–Crippen LogP) is 4.25. The van der Waals surface area contributed by atoms with Crippen molar-refractivity contribution < 1.29 is 4.79 Å². The van der Waals surface area contributed by atoms with Crippen molar-refractivity contribution >= 4 is 5.91 Å².